The van der Waals surface area contributed by atoms with Crippen molar-refractivity contribution in [1.29, 1.82) is 5.26 Å². The number of nitrogens with two attached hydrogens (primary N) is 1. The molecule has 0 spiro atoms. The highest BCUT2D eigenvalue weighted by Crippen LogP contribution is 2.18. The summed E-state index contributed by atoms with van der Waals surface area (Å²) in [4.78, 5) is 24.6. The minimum absolute atomic E-state index is 0.0476. The molecule has 0 fully saturated rings. The number of carbonyl (C=O) groups excluding carboxylic acids is 2. The molecule has 0 bridgehead atoms. The Kier molecular flexibility index (Phi) is 4.89. The zero-order valence-electron chi connectivity index (χ0n) is 12.0. The Morgan fingerprint density at radius 2 is 1.91 bits per heavy atom. The molecule has 23 heavy (non-hydrogen) atoms. The average molecular weight is 376 g/mol. The van der Waals surface area contributed by atoms with Crippen molar-refractivity contribution in [3.05, 3.63) is 68.9 Å². The van der Waals surface area contributed by atoms with Crippen molar-refractivity contribution >= 4 is 27.7 Å². The molecule has 2 aromatic rings. The zero-order chi connectivity index (χ0) is 17.1. The van der Waals surface area contributed by atoms with Crippen LogP contribution in [-0.2, 0) is 0 Å². The van der Waals surface area contributed by atoms with E-state index in [4.69, 9.17) is 11.1 Å². The summed E-state index contributed by atoms with van der Waals surface area (Å²) < 4.78 is 14.1. The van der Waals surface area contributed by atoms with E-state index < -0.39 is 17.6 Å². The minimum atomic E-state index is -0.825. The SMILES string of the molecule is Cc1cc(Br)ccc1C(=O)N(N)C(=O)c1ccc(F)c(C#N)c1. The van der Waals surface area contributed by atoms with Gasteiger partial charge in [0, 0.05) is 15.6 Å². The lowest BCUT2D eigenvalue weighted by atomic mass is 10.1. The Balaban J connectivity index is 2.32. The van der Waals surface area contributed by atoms with E-state index in [1.54, 1.807) is 31.2 Å². The molecule has 0 heterocycles. The molecular weight excluding hydrogens is 365 g/mol. The van der Waals surface area contributed by atoms with Gasteiger partial charge in [0.2, 0.25) is 0 Å². The van der Waals surface area contributed by atoms with Gasteiger partial charge in [0.15, 0.2) is 0 Å². The molecule has 116 valence electrons. The normalized spacial score (nSPS) is 10.0. The zero-order valence-corrected chi connectivity index (χ0v) is 13.6. The number of amides is 2. The fourth-order valence-corrected chi connectivity index (χ4v) is 2.45. The summed E-state index contributed by atoms with van der Waals surface area (Å²) in [6, 6.07) is 9.75. The molecule has 0 aromatic heterocycles. The van der Waals surface area contributed by atoms with E-state index in [0.717, 1.165) is 16.6 Å². The highest BCUT2D eigenvalue weighted by atomic mass is 79.9. The van der Waals surface area contributed by atoms with Gasteiger partial charge in [0.25, 0.3) is 11.8 Å². The van der Waals surface area contributed by atoms with Gasteiger partial charge in [0.05, 0.1) is 5.56 Å². The van der Waals surface area contributed by atoms with E-state index in [2.05, 4.69) is 15.9 Å². The third-order valence-electron chi connectivity index (χ3n) is 3.19. The summed E-state index contributed by atoms with van der Waals surface area (Å²) in [7, 11) is 0. The highest BCUT2D eigenvalue weighted by Gasteiger charge is 2.23. The van der Waals surface area contributed by atoms with Crippen LogP contribution in [-0.4, -0.2) is 16.8 Å². The molecule has 2 amide bonds. The fraction of sp³-hybridized carbons (Fsp3) is 0.0625. The van der Waals surface area contributed by atoms with Gasteiger partial charge in [-0.1, -0.05) is 15.9 Å². The van der Waals surface area contributed by atoms with Crippen LogP contribution in [0.1, 0.15) is 31.8 Å². The number of aryl methyl sites for hydroxylation is 1. The molecule has 0 atom stereocenters. The summed E-state index contributed by atoms with van der Waals surface area (Å²) in [5, 5.41) is 9.24. The molecule has 0 aliphatic carbocycles. The minimum Gasteiger partial charge on any atom is -0.267 e. The standard InChI is InChI=1S/C16H11BrFN3O2/c1-9-6-12(17)3-4-13(9)16(23)21(20)15(22)10-2-5-14(18)11(7-10)8-19/h2-7H,20H2,1H3. The molecule has 2 N–H and O–H groups in total. The second-order valence-corrected chi connectivity index (χ2v) is 5.66. The second-order valence-electron chi connectivity index (χ2n) is 4.75. The van der Waals surface area contributed by atoms with Gasteiger partial charge in [-0.3, -0.25) is 9.59 Å². The lowest BCUT2D eigenvalue weighted by Gasteiger charge is -2.16. The third kappa shape index (κ3) is 3.44. The summed E-state index contributed by atoms with van der Waals surface area (Å²) in [6.07, 6.45) is 0. The maximum Gasteiger partial charge on any atom is 0.275 e. The van der Waals surface area contributed by atoms with Crippen molar-refractivity contribution < 1.29 is 14.0 Å². The maximum absolute atomic E-state index is 13.3. The van der Waals surface area contributed by atoms with E-state index in [0.29, 0.717) is 10.6 Å². The molecule has 0 radical (unpaired) electrons. The van der Waals surface area contributed by atoms with Gasteiger partial charge in [-0.05, 0) is 48.9 Å². The van der Waals surface area contributed by atoms with E-state index in [-0.39, 0.29) is 16.7 Å². The lowest BCUT2D eigenvalue weighted by Crippen LogP contribution is -2.42. The number of carbonyl (C=O) groups is 2. The summed E-state index contributed by atoms with van der Waals surface area (Å²) in [6.45, 7) is 1.71. The van der Waals surface area contributed by atoms with Crippen LogP contribution >= 0.6 is 15.9 Å². The van der Waals surface area contributed by atoms with E-state index in [1.807, 2.05) is 0 Å². The first kappa shape index (κ1) is 16.8. The quantitative estimate of drug-likeness (QED) is 0.378. The third-order valence-corrected chi connectivity index (χ3v) is 3.68. The molecule has 0 saturated heterocycles. The Bertz CT molecular complexity index is 846. The van der Waals surface area contributed by atoms with Gasteiger partial charge < -0.3 is 0 Å². The van der Waals surface area contributed by atoms with Crippen molar-refractivity contribution in [3.63, 3.8) is 0 Å². The Morgan fingerprint density at radius 1 is 1.22 bits per heavy atom. The van der Waals surface area contributed by atoms with Gasteiger partial charge in [-0.15, -0.1) is 0 Å². The summed E-state index contributed by atoms with van der Waals surface area (Å²) >= 11 is 3.28. The number of nitrogens with zero attached hydrogens (tertiary/aromatic N) is 2. The fourth-order valence-electron chi connectivity index (χ4n) is 1.97. The van der Waals surface area contributed by atoms with E-state index in [9.17, 15) is 14.0 Å². The molecule has 0 saturated carbocycles. The van der Waals surface area contributed by atoms with Gasteiger partial charge >= 0.3 is 0 Å². The largest absolute Gasteiger partial charge is 0.275 e. The van der Waals surface area contributed by atoms with Crippen molar-refractivity contribution in [3.8, 4) is 6.07 Å². The number of hydrogen-bond donors (Lipinski definition) is 1. The van der Waals surface area contributed by atoms with Crippen molar-refractivity contribution in [2.75, 3.05) is 0 Å². The number of nitriles is 1. The highest BCUT2D eigenvalue weighted by molar-refractivity contribution is 9.10. The Labute approximate surface area is 140 Å². The van der Waals surface area contributed by atoms with Crippen LogP contribution in [0.3, 0.4) is 0 Å². The first-order chi connectivity index (χ1) is 10.8. The van der Waals surface area contributed by atoms with Crippen LogP contribution in [0.25, 0.3) is 0 Å². The first-order valence-corrected chi connectivity index (χ1v) is 7.23. The van der Waals surface area contributed by atoms with E-state index >= 15 is 0 Å². The first-order valence-electron chi connectivity index (χ1n) is 6.44. The summed E-state index contributed by atoms with van der Waals surface area (Å²) in [5.74, 6) is 3.34. The Morgan fingerprint density at radius 3 is 2.52 bits per heavy atom. The molecule has 0 unspecified atom stereocenters. The molecule has 2 rings (SSSR count). The lowest BCUT2D eigenvalue weighted by molar-refractivity contribution is 0.0615. The van der Waals surface area contributed by atoms with Gasteiger partial charge in [-0.25, -0.2) is 15.2 Å². The van der Waals surface area contributed by atoms with Crippen LogP contribution < -0.4 is 5.84 Å². The van der Waals surface area contributed by atoms with Crippen molar-refractivity contribution in [1.82, 2.24) is 5.01 Å². The van der Waals surface area contributed by atoms with Crippen molar-refractivity contribution in [2.45, 2.75) is 6.92 Å². The number of hydrazine groups is 1. The molecule has 0 aliphatic rings. The van der Waals surface area contributed by atoms with Crippen LogP contribution in [0.4, 0.5) is 4.39 Å². The van der Waals surface area contributed by atoms with Crippen LogP contribution in [0.15, 0.2) is 40.9 Å². The number of halogens is 2. The topological polar surface area (TPSA) is 87.2 Å². The van der Waals surface area contributed by atoms with Gasteiger partial charge in [0.1, 0.15) is 11.9 Å². The molecule has 7 heteroatoms. The second kappa shape index (κ2) is 6.69. The molecule has 5 nitrogen and oxygen atoms in total. The number of benzene rings is 2. The smallest absolute Gasteiger partial charge is 0.267 e. The summed E-state index contributed by atoms with van der Waals surface area (Å²) in [5.41, 5.74) is 0.571. The number of hydrogen-bond acceptors (Lipinski definition) is 4. The number of imide groups is 1. The predicted molar refractivity (Wildman–Crippen MR) is 84.7 cm³/mol. The van der Waals surface area contributed by atoms with Crippen molar-refractivity contribution in [2.24, 2.45) is 5.84 Å². The molecule has 0 aliphatic heterocycles. The molecule has 2 aromatic carbocycles. The maximum atomic E-state index is 13.3. The molecular formula is C16H11BrFN3O2. The monoisotopic (exact) mass is 375 g/mol. The van der Waals surface area contributed by atoms with Crippen LogP contribution in [0, 0.1) is 24.1 Å². The van der Waals surface area contributed by atoms with Crippen LogP contribution in [0.5, 0.6) is 0 Å². The number of rotatable bonds is 2. The van der Waals surface area contributed by atoms with Crippen LogP contribution in [0.2, 0.25) is 0 Å². The van der Waals surface area contributed by atoms with Gasteiger partial charge in [-0.2, -0.15) is 5.26 Å². The van der Waals surface area contributed by atoms with E-state index in [1.165, 1.54) is 6.07 Å². The Hall–Kier alpha value is -2.56. The predicted octanol–water partition coefficient (Wildman–Crippen LogP) is 2.92. The average Bonchev–Trinajstić information content (AvgIpc) is 2.53.